The summed E-state index contributed by atoms with van der Waals surface area (Å²) in [5.41, 5.74) is 3.16. The Bertz CT molecular complexity index is 731. The molecule has 0 aliphatic heterocycles. The minimum Gasteiger partial charge on any atom is -0.308 e. The third-order valence-electron chi connectivity index (χ3n) is 3.36. The predicted octanol–water partition coefficient (Wildman–Crippen LogP) is 2.02. The van der Waals surface area contributed by atoms with Crippen LogP contribution < -0.4 is 5.32 Å². The summed E-state index contributed by atoms with van der Waals surface area (Å²) in [4.78, 5) is 4.19. The van der Waals surface area contributed by atoms with Gasteiger partial charge in [0.2, 0.25) is 0 Å². The Morgan fingerprint density at radius 2 is 2.15 bits per heavy atom. The van der Waals surface area contributed by atoms with Crippen LogP contribution in [0.3, 0.4) is 0 Å². The zero-order chi connectivity index (χ0) is 14.1. The highest BCUT2D eigenvalue weighted by molar-refractivity contribution is 9.10. The Kier molecular flexibility index (Phi) is 3.54. The van der Waals surface area contributed by atoms with Gasteiger partial charge in [-0.2, -0.15) is 10.2 Å². The number of hydrogen-bond acceptors (Lipinski definition) is 4. The first-order chi connectivity index (χ1) is 9.76. The molecule has 0 aliphatic rings. The van der Waals surface area contributed by atoms with Crippen molar-refractivity contribution in [3.05, 3.63) is 46.7 Å². The Morgan fingerprint density at radius 3 is 2.90 bits per heavy atom. The topological polar surface area (TPSA) is 60.0 Å². The van der Waals surface area contributed by atoms with Gasteiger partial charge in [-0.3, -0.25) is 9.67 Å². The van der Waals surface area contributed by atoms with E-state index in [0.29, 0.717) is 0 Å². The third kappa shape index (κ3) is 2.03. The first kappa shape index (κ1) is 13.3. The van der Waals surface area contributed by atoms with Gasteiger partial charge in [0.25, 0.3) is 0 Å². The van der Waals surface area contributed by atoms with Crippen molar-refractivity contribution in [3.8, 4) is 0 Å². The molecular formula is C13H15BrN6. The fourth-order valence-electron chi connectivity index (χ4n) is 2.43. The zero-order valence-electron chi connectivity index (χ0n) is 11.3. The fraction of sp³-hybridized carbons (Fsp3) is 0.308. The SMILES string of the molecule is CCn1ncc(Br)c1C(NC)c1cnn2ccncc12. The van der Waals surface area contributed by atoms with E-state index in [-0.39, 0.29) is 6.04 Å². The van der Waals surface area contributed by atoms with Crippen molar-refractivity contribution in [3.63, 3.8) is 0 Å². The number of halogens is 1. The maximum absolute atomic E-state index is 4.38. The third-order valence-corrected chi connectivity index (χ3v) is 3.97. The molecule has 3 aromatic rings. The summed E-state index contributed by atoms with van der Waals surface area (Å²) in [5.74, 6) is 0. The summed E-state index contributed by atoms with van der Waals surface area (Å²) in [6, 6.07) is 0.00789. The lowest BCUT2D eigenvalue weighted by atomic mass is 10.1. The average Bonchev–Trinajstić information content (AvgIpc) is 3.06. The Balaban J connectivity index is 2.16. The summed E-state index contributed by atoms with van der Waals surface area (Å²) in [5, 5.41) is 12.1. The van der Waals surface area contributed by atoms with Crippen molar-refractivity contribution in [2.24, 2.45) is 0 Å². The smallest absolute Gasteiger partial charge is 0.0896 e. The molecule has 0 amide bonds. The van der Waals surface area contributed by atoms with Crippen LogP contribution in [0.1, 0.15) is 24.2 Å². The quantitative estimate of drug-likeness (QED) is 0.792. The van der Waals surface area contributed by atoms with E-state index in [9.17, 15) is 0 Å². The number of fused-ring (bicyclic) bond motifs is 1. The number of aryl methyl sites for hydroxylation is 1. The molecule has 0 saturated carbocycles. The van der Waals surface area contributed by atoms with E-state index in [1.165, 1.54) is 0 Å². The standard InChI is InChI=1S/C13H15BrN6/c1-3-19-13(10(14)7-18-19)12(15-2)9-6-17-20-5-4-16-8-11(9)20/h4-8,12,15H,3H2,1-2H3. The van der Waals surface area contributed by atoms with Gasteiger partial charge in [-0.15, -0.1) is 0 Å². The lowest BCUT2D eigenvalue weighted by molar-refractivity contribution is 0.563. The predicted molar refractivity (Wildman–Crippen MR) is 79.5 cm³/mol. The monoisotopic (exact) mass is 334 g/mol. The lowest BCUT2D eigenvalue weighted by Crippen LogP contribution is -2.21. The van der Waals surface area contributed by atoms with Crippen molar-refractivity contribution in [2.45, 2.75) is 19.5 Å². The summed E-state index contributed by atoms with van der Waals surface area (Å²) < 4.78 is 4.79. The van der Waals surface area contributed by atoms with Gasteiger partial charge in [-0.05, 0) is 29.9 Å². The van der Waals surface area contributed by atoms with Gasteiger partial charge >= 0.3 is 0 Å². The molecule has 1 N–H and O–H groups in total. The molecule has 0 radical (unpaired) electrons. The van der Waals surface area contributed by atoms with Crippen molar-refractivity contribution in [1.29, 1.82) is 0 Å². The second-order valence-electron chi connectivity index (χ2n) is 4.42. The molecule has 0 spiro atoms. The van der Waals surface area contributed by atoms with Crippen LogP contribution in [0.15, 0.2) is 35.5 Å². The van der Waals surface area contributed by atoms with Crippen molar-refractivity contribution in [1.82, 2.24) is 29.7 Å². The van der Waals surface area contributed by atoms with Crippen LogP contribution in [0.5, 0.6) is 0 Å². The second-order valence-corrected chi connectivity index (χ2v) is 5.28. The van der Waals surface area contributed by atoms with E-state index in [1.54, 1.807) is 6.20 Å². The number of hydrogen-bond donors (Lipinski definition) is 1. The van der Waals surface area contributed by atoms with Crippen LogP contribution in [0.25, 0.3) is 5.52 Å². The van der Waals surface area contributed by atoms with Gasteiger partial charge in [-0.25, -0.2) is 4.52 Å². The molecule has 1 atom stereocenters. The molecule has 20 heavy (non-hydrogen) atoms. The van der Waals surface area contributed by atoms with Crippen LogP contribution in [0.4, 0.5) is 0 Å². The molecule has 0 bridgehead atoms. The van der Waals surface area contributed by atoms with Gasteiger partial charge in [0.15, 0.2) is 0 Å². The maximum atomic E-state index is 4.38. The van der Waals surface area contributed by atoms with E-state index in [4.69, 9.17) is 0 Å². The van der Waals surface area contributed by atoms with Crippen LogP contribution in [-0.2, 0) is 6.54 Å². The summed E-state index contributed by atoms with van der Waals surface area (Å²) in [7, 11) is 1.93. The first-order valence-electron chi connectivity index (χ1n) is 6.42. The second kappa shape index (κ2) is 5.34. The van der Waals surface area contributed by atoms with Crippen LogP contribution in [0.2, 0.25) is 0 Å². The summed E-state index contributed by atoms with van der Waals surface area (Å²) in [6.07, 6.45) is 9.10. The van der Waals surface area contributed by atoms with Gasteiger partial charge < -0.3 is 5.32 Å². The Labute approximate surface area is 124 Å². The van der Waals surface area contributed by atoms with Crippen molar-refractivity contribution >= 4 is 21.4 Å². The van der Waals surface area contributed by atoms with E-state index >= 15 is 0 Å². The van der Waals surface area contributed by atoms with E-state index in [2.05, 4.69) is 43.4 Å². The van der Waals surface area contributed by atoms with Gasteiger partial charge in [0, 0.05) is 24.5 Å². The highest BCUT2D eigenvalue weighted by atomic mass is 79.9. The number of nitrogens with zero attached hydrogens (tertiary/aromatic N) is 5. The van der Waals surface area contributed by atoms with Crippen LogP contribution in [-0.4, -0.2) is 31.4 Å². The molecule has 3 rings (SSSR count). The largest absolute Gasteiger partial charge is 0.308 e. The molecule has 1 unspecified atom stereocenters. The highest BCUT2D eigenvalue weighted by Crippen LogP contribution is 2.30. The fourth-order valence-corrected chi connectivity index (χ4v) is 2.95. The summed E-state index contributed by atoms with van der Waals surface area (Å²) in [6.45, 7) is 2.89. The molecule has 0 saturated heterocycles. The molecule has 104 valence electrons. The van der Waals surface area contributed by atoms with Crippen LogP contribution >= 0.6 is 15.9 Å². The molecule has 0 aromatic carbocycles. The Morgan fingerprint density at radius 1 is 1.30 bits per heavy atom. The molecule has 3 heterocycles. The van der Waals surface area contributed by atoms with E-state index in [0.717, 1.165) is 27.8 Å². The molecule has 7 heteroatoms. The van der Waals surface area contributed by atoms with Crippen molar-refractivity contribution in [2.75, 3.05) is 7.05 Å². The normalized spacial score (nSPS) is 12.9. The van der Waals surface area contributed by atoms with E-state index in [1.807, 2.05) is 41.0 Å². The number of aromatic nitrogens is 5. The van der Waals surface area contributed by atoms with Crippen molar-refractivity contribution < 1.29 is 0 Å². The Hall–Kier alpha value is -1.73. The zero-order valence-corrected chi connectivity index (χ0v) is 12.9. The average molecular weight is 335 g/mol. The lowest BCUT2D eigenvalue weighted by Gasteiger charge is -2.17. The summed E-state index contributed by atoms with van der Waals surface area (Å²) >= 11 is 3.58. The van der Waals surface area contributed by atoms with Gasteiger partial charge in [0.1, 0.15) is 0 Å². The van der Waals surface area contributed by atoms with Crippen LogP contribution in [0, 0.1) is 0 Å². The molecule has 0 aliphatic carbocycles. The molecular weight excluding hydrogens is 320 g/mol. The molecule has 6 nitrogen and oxygen atoms in total. The first-order valence-corrected chi connectivity index (χ1v) is 7.21. The molecule has 0 fully saturated rings. The maximum Gasteiger partial charge on any atom is 0.0896 e. The highest BCUT2D eigenvalue weighted by Gasteiger charge is 2.23. The number of nitrogens with one attached hydrogen (secondary N) is 1. The number of rotatable bonds is 4. The van der Waals surface area contributed by atoms with Gasteiger partial charge in [-0.1, -0.05) is 0 Å². The van der Waals surface area contributed by atoms with Gasteiger partial charge in [0.05, 0.1) is 40.3 Å². The minimum atomic E-state index is 0.00789. The molecule has 3 aromatic heterocycles. The minimum absolute atomic E-state index is 0.00789. The van der Waals surface area contributed by atoms with E-state index < -0.39 is 0 Å².